The first-order valence-electron chi connectivity index (χ1n) is 3.70. The van der Waals surface area contributed by atoms with Crippen molar-refractivity contribution in [3.63, 3.8) is 0 Å². The Morgan fingerprint density at radius 2 is 1.69 bits per heavy atom. The number of carbonyl (C=O) groups excluding carboxylic acids is 2. The number of primary amides is 1. The summed E-state index contributed by atoms with van der Waals surface area (Å²) in [5.41, 5.74) is 4.47. The van der Waals surface area contributed by atoms with Gasteiger partial charge in [0.2, 0.25) is 5.91 Å². The SMILES string of the molecule is NC(=O)C(O)CNC(=O)C(F)(F)C(F)(F)F. The Hall–Kier alpha value is -1.45. The lowest BCUT2D eigenvalue weighted by atomic mass is 10.3. The van der Waals surface area contributed by atoms with Crippen LogP contribution >= 0.6 is 0 Å². The minimum Gasteiger partial charge on any atom is -0.381 e. The normalized spacial score (nSPS) is 14.4. The highest BCUT2D eigenvalue weighted by molar-refractivity contribution is 5.85. The molecule has 5 nitrogen and oxygen atoms in total. The smallest absolute Gasteiger partial charge is 0.381 e. The molecule has 4 N–H and O–H groups in total. The maximum Gasteiger partial charge on any atom is 0.463 e. The van der Waals surface area contributed by atoms with Gasteiger partial charge in [0.25, 0.3) is 5.91 Å². The standard InChI is InChI=1S/C6H7F5N2O3/c7-5(8,6(9,10)11)4(16)13-1-2(14)3(12)15/h2,14H,1H2,(H2,12,15)(H,13,16). The van der Waals surface area contributed by atoms with Crippen molar-refractivity contribution >= 4 is 11.8 Å². The number of carbonyl (C=O) groups is 2. The Morgan fingerprint density at radius 3 is 2.00 bits per heavy atom. The molecule has 1 unspecified atom stereocenters. The summed E-state index contributed by atoms with van der Waals surface area (Å²) in [6.07, 6.45) is -8.08. The van der Waals surface area contributed by atoms with Gasteiger partial charge >= 0.3 is 12.1 Å². The fourth-order valence-electron chi connectivity index (χ4n) is 0.530. The van der Waals surface area contributed by atoms with E-state index in [0.717, 1.165) is 5.32 Å². The van der Waals surface area contributed by atoms with Crippen LogP contribution in [0.4, 0.5) is 22.0 Å². The molecule has 0 aromatic heterocycles. The Bertz CT molecular complexity index is 290. The maximum atomic E-state index is 12.2. The molecular formula is C6H7F5N2O3. The van der Waals surface area contributed by atoms with Crippen LogP contribution in [0.1, 0.15) is 0 Å². The molecule has 0 aliphatic carbocycles. The van der Waals surface area contributed by atoms with E-state index >= 15 is 0 Å². The first-order valence-corrected chi connectivity index (χ1v) is 3.70. The predicted molar refractivity (Wildman–Crippen MR) is 39.2 cm³/mol. The molecule has 0 fully saturated rings. The van der Waals surface area contributed by atoms with Gasteiger partial charge in [0.15, 0.2) is 0 Å². The van der Waals surface area contributed by atoms with E-state index in [1.807, 2.05) is 0 Å². The van der Waals surface area contributed by atoms with Crippen molar-refractivity contribution < 1.29 is 36.6 Å². The third-order valence-corrected chi connectivity index (χ3v) is 1.43. The van der Waals surface area contributed by atoms with E-state index in [0.29, 0.717) is 0 Å². The molecule has 0 aliphatic heterocycles. The Morgan fingerprint density at radius 1 is 1.25 bits per heavy atom. The Balaban J connectivity index is 4.44. The molecule has 0 bridgehead atoms. The second kappa shape index (κ2) is 4.60. The van der Waals surface area contributed by atoms with Crippen LogP contribution in [-0.2, 0) is 9.59 Å². The van der Waals surface area contributed by atoms with E-state index in [9.17, 15) is 31.5 Å². The van der Waals surface area contributed by atoms with E-state index < -0.39 is 36.6 Å². The summed E-state index contributed by atoms with van der Waals surface area (Å²) in [4.78, 5) is 20.6. The lowest BCUT2D eigenvalue weighted by Gasteiger charge is -2.19. The van der Waals surface area contributed by atoms with Gasteiger partial charge in [0.05, 0.1) is 6.54 Å². The van der Waals surface area contributed by atoms with Gasteiger partial charge in [-0.05, 0) is 0 Å². The molecule has 10 heteroatoms. The third kappa shape index (κ3) is 3.29. The summed E-state index contributed by atoms with van der Waals surface area (Å²) in [6, 6.07) is 0. The summed E-state index contributed by atoms with van der Waals surface area (Å²) >= 11 is 0. The lowest BCUT2D eigenvalue weighted by Crippen LogP contribution is -2.52. The molecule has 16 heavy (non-hydrogen) atoms. The number of hydrogen-bond acceptors (Lipinski definition) is 3. The predicted octanol–water partition coefficient (Wildman–Crippen LogP) is -0.854. The number of alkyl halides is 5. The van der Waals surface area contributed by atoms with Gasteiger partial charge in [-0.2, -0.15) is 22.0 Å². The highest BCUT2D eigenvalue weighted by Gasteiger charge is 2.63. The van der Waals surface area contributed by atoms with Gasteiger partial charge in [-0.25, -0.2) is 0 Å². The molecule has 0 heterocycles. The van der Waals surface area contributed by atoms with Gasteiger partial charge < -0.3 is 16.2 Å². The van der Waals surface area contributed by atoms with Crippen LogP contribution in [0, 0.1) is 0 Å². The number of nitrogens with two attached hydrogens (primary N) is 1. The van der Waals surface area contributed by atoms with Gasteiger partial charge in [0.1, 0.15) is 6.10 Å². The lowest BCUT2D eigenvalue weighted by molar-refractivity contribution is -0.269. The van der Waals surface area contributed by atoms with Crippen molar-refractivity contribution in [2.24, 2.45) is 5.73 Å². The number of halogens is 5. The molecule has 94 valence electrons. The number of rotatable bonds is 4. The number of amides is 2. The zero-order valence-corrected chi connectivity index (χ0v) is 7.52. The van der Waals surface area contributed by atoms with E-state index in [2.05, 4.69) is 5.73 Å². The zero-order chi connectivity index (χ0) is 13.1. The van der Waals surface area contributed by atoms with Crippen LogP contribution in [0.5, 0.6) is 0 Å². The number of aliphatic hydroxyl groups excluding tert-OH is 1. The van der Waals surface area contributed by atoms with Crippen LogP contribution in [0.25, 0.3) is 0 Å². The van der Waals surface area contributed by atoms with Crippen molar-refractivity contribution in [1.82, 2.24) is 5.32 Å². The van der Waals surface area contributed by atoms with Crippen molar-refractivity contribution in [2.45, 2.75) is 18.2 Å². The van der Waals surface area contributed by atoms with Crippen LogP contribution in [0.3, 0.4) is 0 Å². The molecular weight excluding hydrogens is 243 g/mol. The molecule has 0 radical (unpaired) electrons. The molecule has 0 saturated heterocycles. The highest BCUT2D eigenvalue weighted by Crippen LogP contribution is 2.35. The fraction of sp³-hybridized carbons (Fsp3) is 0.667. The van der Waals surface area contributed by atoms with Crippen molar-refractivity contribution in [3.8, 4) is 0 Å². The van der Waals surface area contributed by atoms with E-state index in [-0.39, 0.29) is 0 Å². The third-order valence-electron chi connectivity index (χ3n) is 1.43. The molecule has 0 spiro atoms. The van der Waals surface area contributed by atoms with Crippen LogP contribution in [-0.4, -0.2) is 41.7 Å². The Labute approximate surface area is 85.4 Å². The van der Waals surface area contributed by atoms with Gasteiger partial charge in [-0.1, -0.05) is 0 Å². The Kier molecular flexibility index (Phi) is 4.18. The summed E-state index contributed by atoms with van der Waals surface area (Å²) in [5.74, 6) is -9.62. The molecule has 0 rings (SSSR count). The quantitative estimate of drug-likeness (QED) is 0.567. The number of aliphatic hydroxyl groups is 1. The molecule has 0 aliphatic rings. The van der Waals surface area contributed by atoms with E-state index in [1.54, 1.807) is 0 Å². The van der Waals surface area contributed by atoms with E-state index in [4.69, 9.17) is 5.11 Å². The summed E-state index contributed by atoms with van der Waals surface area (Å²) < 4.78 is 59.3. The average molecular weight is 250 g/mol. The summed E-state index contributed by atoms with van der Waals surface area (Å²) in [6.45, 7) is -1.13. The highest BCUT2D eigenvalue weighted by atomic mass is 19.4. The van der Waals surface area contributed by atoms with Crippen molar-refractivity contribution in [2.75, 3.05) is 6.54 Å². The van der Waals surface area contributed by atoms with Crippen LogP contribution in [0.15, 0.2) is 0 Å². The van der Waals surface area contributed by atoms with Gasteiger partial charge in [0, 0.05) is 0 Å². The minimum absolute atomic E-state index is 1.05. The van der Waals surface area contributed by atoms with E-state index in [1.165, 1.54) is 0 Å². The molecule has 1 atom stereocenters. The van der Waals surface area contributed by atoms with Crippen molar-refractivity contribution in [3.05, 3.63) is 0 Å². The first-order chi connectivity index (χ1) is 7.00. The first kappa shape index (κ1) is 14.5. The number of hydrogen-bond donors (Lipinski definition) is 3. The summed E-state index contributed by atoms with van der Waals surface area (Å²) in [5, 5.41) is 9.68. The second-order valence-electron chi connectivity index (χ2n) is 2.70. The van der Waals surface area contributed by atoms with Crippen molar-refractivity contribution in [1.29, 1.82) is 0 Å². The van der Waals surface area contributed by atoms with Crippen LogP contribution in [0.2, 0.25) is 0 Å². The van der Waals surface area contributed by atoms with Gasteiger partial charge in [-0.3, -0.25) is 9.59 Å². The molecule has 2 amide bonds. The molecule has 0 aromatic rings. The topological polar surface area (TPSA) is 92.4 Å². The minimum atomic E-state index is -6.05. The second-order valence-corrected chi connectivity index (χ2v) is 2.70. The van der Waals surface area contributed by atoms with Crippen LogP contribution < -0.4 is 11.1 Å². The summed E-state index contributed by atoms with van der Waals surface area (Å²) in [7, 11) is 0. The van der Waals surface area contributed by atoms with Gasteiger partial charge in [-0.15, -0.1) is 0 Å². The molecule has 0 saturated carbocycles. The maximum absolute atomic E-state index is 12.2. The molecule has 0 aromatic carbocycles. The largest absolute Gasteiger partial charge is 0.463 e. The fourth-order valence-corrected chi connectivity index (χ4v) is 0.530. The number of nitrogens with one attached hydrogen (secondary N) is 1. The average Bonchev–Trinajstić information content (AvgIpc) is 2.11. The monoisotopic (exact) mass is 250 g/mol. The zero-order valence-electron chi connectivity index (χ0n) is 7.52.